The molecule has 11 nitrogen and oxygen atoms in total. The van der Waals surface area contributed by atoms with Gasteiger partial charge in [-0.1, -0.05) is 0 Å². The first-order chi connectivity index (χ1) is 14.7. The van der Waals surface area contributed by atoms with E-state index in [1.54, 1.807) is 16.4 Å². The standard InChI is InChI=1S/C18H20N4O7S2/c1-28-15-5-11(14(22(24)25)6-16(15)29-2)18(23)19-17-12-7-30-8-13(12)20-21(17)10-3-4-31(26,27)9-10/h5-6,10H,3-4,7-9H2,1-2H3,(H,19,23). The van der Waals surface area contributed by atoms with Crippen LogP contribution >= 0.6 is 11.8 Å². The van der Waals surface area contributed by atoms with Crippen molar-refractivity contribution in [1.29, 1.82) is 0 Å². The van der Waals surface area contributed by atoms with Crippen LogP contribution in [0.1, 0.15) is 34.1 Å². The molecule has 0 saturated carbocycles. The van der Waals surface area contributed by atoms with Gasteiger partial charge in [0, 0.05) is 23.1 Å². The van der Waals surface area contributed by atoms with Gasteiger partial charge in [-0.25, -0.2) is 13.1 Å². The van der Waals surface area contributed by atoms with Crippen LogP contribution in [0.2, 0.25) is 0 Å². The van der Waals surface area contributed by atoms with Gasteiger partial charge in [0.1, 0.15) is 11.4 Å². The number of aromatic nitrogens is 2. The topological polar surface area (TPSA) is 143 Å². The van der Waals surface area contributed by atoms with E-state index in [1.807, 2.05) is 0 Å². The first kappa shape index (κ1) is 21.4. The third-order valence-corrected chi connectivity index (χ3v) is 8.03. The lowest BCUT2D eigenvalue weighted by Gasteiger charge is -2.16. The lowest BCUT2D eigenvalue weighted by molar-refractivity contribution is -0.385. The summed E-state index contributed by atoms with van der Waals surface area (Å²) >= 11 is 1.63. The van der Waals surface area contributed by atoms with Gasteiger partial charge in [-0.2, -0.15) is 16.9 Å². The van der Waals surface area contributed by atoms with Gasteiger partial charge in [0.05, 0.1) is 48.5 Å². The van der Waals surface area contributed by atoms with Crippen molar-refractivity contribution in [2.75, 3.05) is 31.0 Å². The Bertz CT molecular complexity index is 1180. The Morgan fingerprint density at radius 1 is 1.29 bits per heavy atom. The van der Waals surface area contributed by atoms with Crippen molar-refractivity contribution in [3.63, 3.8) is 0 Å². The minimum atomic E-state index is -3.17. The van der Waals surface area contributed by atoms with Crippen LogP contribution in [0.4, 0.5) is 11.5 Å². The molecule has 3 heterocycles. The molecular formula is C18H20N4O7S2. The molecule has 2 aliphatic heterocycles. The number of fused-ring (bicyclic) bond motifs is 1. The number of nitrogens with zero attached hydrogens (tertiary/aromatic N) is 3. The van der Waals surface area contributed by atoms with Crippen molar-refractivity contribution >= 4 is 39.0 Å². The Hall–Kier alpha value is -2.80. The summed E-state index contributed by atoms with van der Waals surface area (Å²) in [6, 6.07) is 1.99. The third kappa shape index (κ3) is 3.94. The predicted molar refractivity (Wildman–Crippen MR) is 114 cm³/mol. The van der Waals surface area contributed by atoms with Crippen molar-refractivity contribution < 1.29 is 27.6 Å². The zero-order chi connectivity index (χ0) is 22.3. The van der Waals surface area contributed by atoms with Gasteiger partial charge in [0.2, 0.25) is 0 Å². The number of carbonyl (C=O) groups is 1. The normalized spacial score (nSPS) is 19.1. The lowest BCUT2D eigenvalue weighted by Crippen LogP contribution is -2.21. The molecule has 1 saturated heterocycles. The quantitative estimate of drug-likeness (QED) is 0.498. The van der Waals surface area contributed by atoms with Gasteiger partial charge in [0.15, 0.2) is 21.3 Å². The summed E-state index contributed by atoms with van der Waals surface area (Å²) in [5.41, 5.74) is 0.960. The van der Waals surface area contributed by atoms with Crippen LogP contribution in [0.15, 0.2) is 12.1 Å². The number of methoxy groups -OCH3 is 2. The molecule has 2 aliphatic rings. The highest BCUT2D eigenvalue weighted by Gasteiger charge is 2.35. The Morgan fingerprint density at radius 3 is 2.61 bits per heavy atom. The van der Waals surface area contributed by atoms with Crippen molar-refractivity contribution in [2.45, 2.75) is 24.0 Å². The molecule has 0 aliphatic carbocycles. The second-order valence-electron chi connectivity index (χ2n) is 7.20. The summed E-state index contributed by atoms with van der Waals surface area (Å²) in [6.45, 7) is 0. The fourth-order valence-electron chi connectivity index (χ4n) is 3.77. The maximum Gasteiger partial charge on any atom is 0.286 e. The minimum absolute atomic E-state index is 0.0555. The summed E-state index contributed by atoms with van der Waals surface area (Å²) in [4.78, 5) is 24.0. The average molecular weight is 469 g/mol. The SMILES string of the molecule is COc1cc(C(=O)Nc2c3c(nn2C2CCS(=O)(=O)C2)CSC3)c([N+](=O)[O-])cc1OC. The smallest absolute Gasteiger partial charge is 0.286 e. The van der Waals surface area contributed by atoms with E-state index >= 15 is 0 Å². The largest absolute Gasteiger partial charge is 0.493 e. The van der Waals surface area contributed by atoms with Crippen molar-refractivity contribution in [3.05, 3.63) is 39.1 Å². The maximum atomic E-state index is 13.1. The number of amides is 1. The molecule has 4 rings (SSSR count). The van der Waals surface area contributed by atoms with Gasteiger partial charge in [0.25, 0.3) is 11.6 Å². The van der Waals surface area contributed by atoms with Crippen LogP contribution in [-0.2, 0) is 21.3 Å². The summed E-state index contributed by atoms with van der Waals surface area (Å²) < 4.78 is 35.8. The number of carbonyl (C=O) groups excluding carboxylic acids is 1. The number of nitrogens with one attached hydrogen (secondary N) is 1. The molecule has 1 atom stereocenters. The molecular weight excluding hydrogens is 448 g/mol. The molecule has 0 spiro atoms. The molecule has 2 aromatic rings. The minimum Gasteiger partial charge on any atom is -0.493 e. The highest BCUT2D eigenvalue weighted by molar-refractivity contribution is 7.98. The van der Waals surface area contributed by atoms with Crippen LogP contribution in [0.5, 0.6) is 11.5 Å². The first-order valence-corrected chi connectivity index (χ1v) is 12.3. The Balaban J connectivity index is 1.74. The molecule has 1 N–H and O–H groups in total. The number of ether oxygens (including phenoxy) is 2. The van der Waals surface area contributed by atoms with Gasteiger partial charge in [-0.05, 0) is 6.42 Å². The maximum absolute atomic E-state index is 13.1. The molecule has 1 unspecified atom stereocenters. The highest BCUT2D eigenvalue weighted by Crippen LogP contribution is 2.39. The van der Waals surface area contributed by atoms with E-state index in [4.69, 9.17) is 9.47 Å². The van der Waals surface area contributed by atoms with Gasteiger partial charge in [-0.15, -0.1) is 0 Å². The predicted octanol–water partition coefficient (Wildman–Crippen LogP) is 2.17. The van der Waals surface area contributed by atoms with E-state index in [-0.39, 0.29) is 28.6 Å². The molecule has 0 bridgehead atoms. The number of benzene rings is 1. The van der Waals surface area contributed by atoms with Crippen molar-refractivity contribution in [3.8, 4) is 11.5 Å². The van der Waals surface area contributed by atoms with Crippen molar-refractivity contribution in [1.82, 2.24) is 9.78 Å². The molecule has 1 fully saturated rings. The highest BCUT2D eigenvalue weighted by atomic mass is 32.2. The van der Waals surface area contributed by atoms with E-state index < -0.39 is 32.4 Å². The number of nitro benzene ring substituents is 1. The van der Waals surface area contributed by atoms with E-state index in [1.165, 1.54) is 20.3 Å². The van der Waals surface area contributed by atoms with Crippen LogP contribution < -0.4 is 14.8 Å². The first-order valence-electron chi connectivity index (χ1n) is 9.34. The molecule has 1 aromatic carbocycles. The van der Waals surface area contributed by atoms with Crippen molar-refractivity contribution in [2.24, 2.45) is 0 Å². The number of thioether (sulfide) groups is 1. The number of hydrogen-bond acceptors (Lipinski definition) is 9. The third-order valence-electron chi connectivity index (χ3n) is 5.31. The van der Waals surface area contributed by atoms with Gasteiger partial charge in [-0.3, -0.25) is 14.9 Å². The molecule has 31 heavy (non-hydrogen) atoms. The lowest BCUT2D eigenvalue weighted by atomic mass is 10.1. The number of anilines is 1. The van der Waals surface area contributed by atoms with E-state index in [9.17, 15) is 23.3 Å². The van der Waals surface area contributed by atoms with Gasteiger partial charge >= 0.3 is 0 Å². The Kier molecular flexibility index (Phi) is 5.56. The number of sulfone groups is 1. The van der Waals surface area contributed by atoms with Crippen LogP contribution in [-0.4, -0.2) is 54.8 Å². The molecule has 1 aromatic heterocycles. The molecule has 13 heteroatoms. The summed E-state index contributed by atoms with van der Waals surface area (Å²) in [5, 5.41) is 18.9. The number of rotatable bonds is 6. The fraction of sp³-hybridized carbons (Fsp3) is 0.444. The molecule has 166 valence electrons. The Labute approximate surface area is 182 Å². The molecule has 1 amide bonds. The second-order valence-corrected chi connectivity index (χ2v) is 10.4. The van der Waals surface area contributed by atoms with Crippen LogP contribution in [0, 0.1) is 10.1 Å². The fourth-order valence-corrected chi connectivity index (χ4v) is 6.50. The number of nitro groups is 1. The van der Waals surface area contributed by atoms with E-state index in [0.717, 1.165) is 17.3 Å². The summed E-state index contributed by atoms with van der Waals surface area (Å²) in [6.07, 6.45) is 0.398. The molecule has 0 radical (unpaired) electrons. The average Bonchev–Trinajstić information content (AvgIpc) is 3.42. The Morgan fingerprint density at radius 2 is 2.00 bits per heavy atom. The zero-order valence-corrected chi connectivity index (χ0v) is 18.4. The van der Waals surface area contributed by atoms with E-state index in [0.29, 0.717) is 23.7 Å². The second kappa shape index (κ2) is 8.04. The van der Waals surface area contributed by atoms with Crippen LogP contribution in [0.3, 0.4) is 0 Å². The summed E-state index contributed by atoms with van der Waals surface area (Å²) in [7, 11) is -0.457. The monoisotopic (exact) mass is 468 g/mol. The number of hydrogen-bond donors (Lipinski definition) is 1. The zero-order valence-electron chi connectivity index (χ0n) is 16.8. The van der Waals surface area contributed by atoms with Crippen LogP contribution in [0.25, 0.3) is 0 Å². The summed E-state index contributed by atoms with van der Waals surface area (Å²) in [5.74, 6) is 1.25. The van der Waals surface area contributed by atoms with E-state index in [2.05, 4.69) is 10.4 Å². The van der Waals surface area contributed by atoms with Gasteiger partial charge < -0.3 is 14.8 Å².